The van der Waals surface area contributed by atoms with Gasteiger partial charge in [0.05, 0.1) is 13.0 Å². The van der Waals surface area contributed by atoms with E-state index >= 15 is 0 Å². The molecule has 2 rings (SSSR count). The Morgan fingerprint density at radius 2 is 1.59 bits per heavy atom. The van der Waals surface area contributed by atoms with Gasteiger partial charge in [-0.3, -0.25) is 14.4 Å². The van der Waals surface area contributed by atoms with Crippen LogP contribution >= 0.6 is 0 Å². The van der Waals surface area contributed by atoms with Crippen LogP contribution in [0.1, 0.15) is 31.4 Å². The molecule has 2 aromatic rings. The molecular weight excluding hydrogens is 372 g/mol. The molecule has 7 heteroatoms. The molecule has 0 aliphatic heterocycles. The lowest BCUT2D eigenvalue weighted by atomic mass is 10.1. The van der Waals surface area contributed by atoms with E-state index in [1.165, 1.54) is 13.8 Å². The van der Waals surface area contributed by atoms with Crippen LogP contribution in [0.3, 0.4) is 0 Å². The summed E-state index contributed by atoms with van der Waals surface area (Å²) in [6, 6.07) is 12.5. The maximum absolute atomic E-state index is 12.2. The van der Waals surface area contributed by atoms with E-state index < -0.39 is 18.0 Å². The molecule has 154 valence electrons. The van der Waals surface area contributed by atoms with Crippen LogP contribution in [0.15, 0.2) is 42.5 Å². The second-order valence-corrected chi connectivity index (χ2v) is 6.75. The van der Waals surface area contributed by atoms with E-state index in [9.17, 15) is 14.4 Å². The number of carbonyl (C=O) groups excluding carboxylic acids is 3. The lowest BCUT2D eigenvalue weighted by molar-refractivity contribution is -0.153. The second kappa shape index (κ2) is 10.3. The molecule has 0 bridgehead atoms. The number of hydrogen-bond donors (Lipinski definition) is 2. The van der Waals surface area contributed by atoms with E-state index in [0.717, 1.165) is 16.9 Å². The Balaban J connectivity index is 1.77. The number of ether oxygens (including phenoxy) is 2. The van der Waals surface area contributed by atoms with Gasteiger partial charge in [0.25, 0.3) is 5.91 Å². The largest absolute Gasteiger partial charge is 0.493 e. The minimum Gasteiger partial charge on any atom is -0.493 e. The molecule has 0 aromatic heterocycles. The Kier molecular flexibility index (Phi) is 7.77. The van der Waals surface area contributed by atoms with Gasteiger partial charge in [0.2, 0.25) is 5.91 Å². The first-order chi connectivity index (χ1) is 13.7. The molecule has 0 aliphatic carbocycles. The number of nitrogens with one attached hydrogen (secondary N) is 2. The van der Waals surface area contributed by atoms with Crippen molar-refractivity contribution in [3.63, 3.8) is 0 Å². The maximum atomic E-state index is 12.2. The van der Waals surface area contributed by atoms with Gasteiger partial charge in [-0.2, -0.15) is 0 Å². The van der Waals surface area contributed by atoms with Crippen molar-refractivity contribution in [1.29, 1.82) is 0 Å². The van der Waals surface area contributed by atoms with E-state index in [1.54, 1.807) is 24.3 Å². The van der Waals surface area contributed by atoms with Gasteiger partial charge in [0.1, 0.15) is 5.75 Å². The van der Waals surface area contributed by atoms with E-state index in [2.05, 4.69) is 10.6 Å². The van der Waals surface area contributed by atoms with Gasteiger partial charge in [-0.25, -0.2) is 0 Å². The van der Waals surface area contributed by atoms with Gasteiger partial charge in [-0.05, 0) is 62.2 Å². The van der Waals surface area contributed by atoms with Crippen molar-refractivity contribution in [2.45, 2.75) is 40.2 Å². The molecule has 0 saturated carbocycles. The number of anilines is 2. The summed E-state index contributed by atoms with van der Waals surface area (Å²) in [5.41, 5.74) is 3.22. The summed E-state index contributed by atoms with van der Waals surface area (Å²) < 4.78 is 10.8. The lowest BCUT2D eigenvalue weighted by Crippen LogP contribution is -2.30. The van der Waals surface area contributed by atoms with E-state index in [0.29, 0.717) is 11.4 Å². The van der Waals surface area contributed by atoms with E-state index in [4.69, 9.17) is 9.47 Å². The maximum Gasteiger partial charge on any atom is 0.310 e. The van der Waals surface area contributed by atoms with Crippen LogP contribution in [0.2, 0.25) is 0 Å². The Morgan fingerprint density at radius 1 is 0.966 bits per heavy atom. The molecule has 2 aromatic carbocycles. The normalized spacial score (nSPS) is 11.3. The Labute approximate surface area is 170 Å². The van der Waals surface area contributed by atoms with Crippen molar-refractivity contribution in [3.8, 4) is 5.75 Å². The summed E-state index contributed by atoms with van der Waals surface area (Å²) in [7, 11) is 0. The molecule has 0 saturated heterocycles. The SMILES string of the molecule is CC(=O)Nc1ccc(NC(=O)[C@H](C)OC(=O)CCOc2cc(C)ccc2C)cc1. The highest BCUT2D eigenvalue weighted by atomic mass is 16.5. The third-order valence-corrected chi connectivity index (χ3v) is 4.06. The van der Waals surface area contributed by atoms with Crippen LogP contribution in [0.4, 0.5) is 11.4 Å². The fourth-order valence-electron chi connectivity index (χ4n) is 2.50. The summed E-state index contributed by atoms with van der Waals surface area (Å²) in [5, 5.41) is 5.30. The van der Waals surface area contributed by atoms with Crippen LogP contribution in [0, 0.1) is 13.8 Å². The highest BCUT2D eigenvalue weighted by Gasteiger charge is 2.18. The summed E-state index contributed by atoms with van der Waals surface area (Å²) in [6.45, 7) is 6.99. The highest BCUT2D eigenvalue weighted by Crippen LogP contribution is 2.19. The van der Waals surface area contributed by atoms with E-state index in [-0.39, 0.29) is 18.9 Å². The third-order valence-electron chi connectivity index (χ3n) is 4.06. The van der Waals surface area contributed by atoms with Crippen LogP contribution in [-0.4, -0.2) is 30.5 Å². The predicted octanol–water partition coefficient (Wildman–Crippen LogP) is 3.60. The van der Waals surface area contributed by atoms with Crippen LogP contribution in [-0.2, 0) is 19.1 Å². The average molecular weight is 398 g/mol. The van der Waals surface area contributed by atoms with Gasteiger partial charge < -0.3 is 20.1 Å². The molecule has 2 N–H and O–H groups in total. The molecule has 1 atom stereocenters. The summed E-state index contributed by atoms with van der Waals surface area (Å²) in [6.07, 6.45) is -0.908. The number of amides is 2. The molecule has 0 aliphatic rings. The third kappa shape index (κ3) is 7.29. The topological polar surface area (TPSA) is 93.7 Å². The van der Waals surface area contributed by atoms with Crippen LogP contribution in [0.25, 0.3) is 0 Å². The molecule has 0 spiro atoms. The smallest absolute Gasteiger partial charge is 0.310 e. The van der Waals surface area contributed by atoms with Gasteiger partial charge in [-0.1, -0.05) is 12.1 Å². The Morgan fingerprint density at radius 3 is 2.21 bits per heavy atom. The number of carbonyl (C=O) groups is 3. The minimum absolute atomic E-state index is 0.0381. The Hall–Kier alpha value is -3.35. The van der Waals surface area contributed by atoms with Gasteiger partial charge in [0.15, 0.2) is 6.10 Å². The van der Waals surface area contributed by atoms with Gasteiger partial charge in [0, 0.05) is 18.3 Å². The average Bonchev–Trinajstić information content (AvgIpc) is 2.65. The zero-order chi connectivity index (χ0) is 21.4. The van der Waals surface area contributed by atoms with Gasteiger partial charge in [-0.15, -0.1) is 0 Å². The lowest BCUT2D eigenvalue weighted by Gasteiger charge is -2.14. The zero-order valence-electron chi connectivity index (χ0n) is 17.1. The quantitative estimate of drug-likeness (QED) is 0.663. The van der Waals surface area contributed by atoms with Crippen molar-refractivity contribution in [1.82, 2.24) is 0 Å². The molecule has 0 fully saturated rings. The summed E-state index contributed by atoms with van der Waals surface area (Å²) in [4.78, 5) is 35.2. The monoisotopic (exact) mass is 398 g/mol. The molecule has 7 nitrogen and oxygen atoms in total. The molecular formula is C22H26N2O5. The van der Waals surface area contributed by atoms with Crippen LogP contribution in [0.5, 0.6) is 5.75 Å². The summed E-state index contributed by atoms with van der Waals surface area (Å²) in [5.74, 6) is -0.407. The van der Waals surface area contributed by atoms with Crippen molar-refractivity contribution < 1.29 is 23.9 Å². The first-order valence-corrected chi connectivity index (χ1v) is 9.32. The Bertz CT molecular complexity index is 877. The van der Waals surface area contributed by atoms with Crippen molar-refractivity contribution in [3.05, 3.63) is 53.6 Å². The number of rotatable bonds is 8. The minimum atomic E-state index is -0.946. The van der Waals surface area contributed by atoms with Crippen molar-refractivity contribution in [2.24, 2.45) is 0 Å². The highest BCUT2D eigenvalue weighted by molar-refractivity contribution is 5.95. The van der Waals surface area contributed by atoms with E-state index in [1.807, 2.05) is 32.0 Å². The fraction of sp³-hybridized carbons (Fsp3) is 0.318. The molecule has 0 unspecified atom stereocenters. The number of benzene rings is 2. The van der Waals surface area contributed by atoms with Crippen LogP contribution < -0.4 is 15.4 Å². The first-order valence-electron chi connectivity index (χ1n) is 9.32. The molecule has 29 heavy (non-hydrogen) atoms. The fourth-order valence-corrected chi connectivity index (χ4v) is 2.50. The number of hydrogen-bond acceptors (Lipinski definition) is 5. The second-order valence-electron chi connectivity index (χ2n) is 6.75. The predicted molar refractivity (Wildman–Crippen MR) is 111 cm³/mol. The van der Waals surface area contributed by atoms with Crippen molar-refractivity contribution in [2.75, 3.05) is 17.2 Å². The standard InChI is InChI=1S/C22H26N2O5/c1-14-5-6-15(2)20(13-14)28-12-11-21(26)29-16(3)22(27)24-19-9-7-18(8-10-19)23-17(4)25/h5-10,13,16H,11-12H2,1-4H3,(H,23,25)(H,24,27)/t16-/m0/s1. The first kappa shape index (κ1) is 21.9. The van der Waals surface area contributed by atoms with Gasteiger partial charge >= 0.3 is 5.97 Å². The molecule has 0 radical (unpaired) electrons. The molecule has 2 amide bonds. The number of aryl methyl sites for hydroxylation is 2. The van der Waals surface area contributed by atoms with Crippen molar-refractivity contribution >= 4 is 29.2 Å². The summed E-state index contributed by atoms with van der Waals surface area (Å²) >= 11 is 0. The number of esters is 1. The zero-order valence-corrected chi connectivity index (χ0v) is 17.1. The molecule has 0 heterocycles.